The van der Waals surface area contributed by atoms with Gasteiger partial charge in [-0.25, -0.2) is 13.2 Å². The van der Waals surface area contributed by atoms with Crippen molar-refractivity contribution < 1.29 is 23.1 Å². The Morgan fingerprint density at radius 2 is 2.11 bits per heavy atom. The Hall–Kier alpha value is -2.62. The zero-order chi connectivity index (χ0) is 20.3. The summed E-state index contributed by atoms with van der Waals surface area (Å²) in [5.41, 5.74) is 1.29. The van der Waals surface area contributed by atoms with E-state index in [9.17, 15) is 18.3 Å². The molecule has 0 aliphatic heterocycles. The molecule has 1 aromatic carbocycles. The van der Waals surface area contributed by atoms with Gasteiger partial charge in [0.1, 0.15) is 19.9 Å². The average molecular weight is 439 g/mol. The van der Waals surface area contributed by atoms with E-state index in [2.05, 4.69) is 9.71 Å². The maximum atomic E-state index is 12.7. The van der Waals surface area contributed by atoms with E-state index in [4.69, 9.17) is 16.3 Å². The van der Waals surface area contributed by atoms with E-state index in [1.54, 1.807) is 31.5 Å². The van der Waals surface area contributed by atoms with Crippen LogP contribution in [0.5, 0.6) is 5.75 Å². The highest BCUT2D eigenvalue weighted by Gasteiger charge is 2.22. The summed E-state index contributed by atoms with van der Waals surface area (Å²) in [6, 6.07) is 8.75. The fraction of sp³-hybridized carbons (Fsp3) is 0.111. The minimum atomic E-state index is -3.95. The predicted molar refractivity (Wildman–Crippen MR) is 107 cm³/mol. The number of halogens is 1. The Labute approximate surface area is 170 Å². The maximum absolute atomic E-state index is 12.7. The smallest absolute Gasteiger partial charge is 0.341 e. The van der Waals surface area contributed by atoms with Crippen molar-refractivity contribution in [1.29, 1.82) is 0 Å². The molecule has 0 aliphatic rings. The van der Waals surface area contributed by atoms with E-state index in [1.807, 2.05) is 0 Å². The summed E-state index contributed by atoms with van der Waals surface area (Å²) in [6.45, 7) is 1.80. The van der Waals surface area contributed by atoms with Gasteiger partial charge in [-0.3, -0.25) is 9.71 Å². The molecule has 0 saturated heterocycles. The molecular weight excluding hydrogens is 424 g/mol. The number of carbonyl (C=O) groups is 1. The number of hydrogen-bond donors (Lipinski definition) is 2. The van der Waals surface area contributed by atoms with Gasteiger partial charge in [0.2, 0.25) is 0 Å². The van der Waals surface area contributed by atoms with Crippen molar-refractivity contribution in [3.63, 3.8) is 0 Å². The quantitative estimate of drug-likeness (QED) is 0.560. The molecule has 146 valence electrons. The van der Waals surface area contributed by atoms with Gasteiger partial charge in [-0.15, -0.1) is 11.3 Å². The lowest BCUT2D eigenvalue weighted by molar-refractivity contribution is 0.0523. The summed E-state index contributed by atoms with van der Waals surface area (Å²) in [4.78, 5) is 15.7. The lowest BCUT2D eigenvalue weighted by Gasteiger charge is -2.09. The molecule has 28 heavy (non-hydrogen) atoms. The van der Waals surface area contributed by atoms with Gasteiger partial charge in [-0.2, -0.15) is 0 Å². The molecule has 0 radical (unpaired) electrons. The minimum Gasteiger partial charge on any atom is -0.507 e. The first-order valence-electron chi connectivity index (χ1n) is 8.04. The molecule has 0 atom stereocenters. The molecule has 3 aromatic rings. The van der Waals surface area contributed by atoms with Gasteiger partial charge in [0.05, 0.1) is 12.3 Å². The second-order valence-corrected chi connectivity index (χ2v) is 9.12. The third kappa shape index (κ3) is 4.27. The Morgan fingerprint density at radius 3 is 2.75 bits per heavy atom. The SMILES string of the molecule is CCOC(=O)c1ccc(NS(=O)(=O)c2cc(-c3cccnc3)c(Cl)s2)cc1O. The fourth-order valence-electron chi connectivity index (χ4n) is 2.38. The molecule has 7 nitrogen and oxygen atoms in total. The summed E-state index contributed by atoms with van der Waals surface area (Å²) < 4.78 is 32.9. The van der Waals surface area contributed by atoms with Crippen LogP contribution >= 0.6 is 22.9 Å². The van der Waals surface area contributed by atoms with Crippen LogP contribution in [0.1, 0.15) is 17.3 Å². The van der Waals surface area contributed by atoms with Gasteiger partial charge in [0.25, 0.3) is 10.0 Å². The Morgan fingerprint density at radius 1 is 1.32 bits per heavy atom. The van der Waals surface area contributed by atoms with E-state index in [0.29, 0.717) is 15.5 Å². The fourth-order valence-corrected chi connectivity index (χ4v) is 5.20. The number of pyridine rings is 1. The Balaban J connectivity index is 1.87. The number of nitrogens with one attached hydrogen (secondary N) is 1. The third-order valence-corrected chi connectivity index (χ3v) is 6.86. The third-order valence-electron chi connectivity index (χ3n) is 3.65. The van der Waals surface area contributed by atoms with Crippen molar-refractivity contribution in [1.82, 2.24) is 4.98 Å². The molecule has 0 fully saturated rings. The van der Waals surface area contributed by atoms with Crippen LogP contribution in [-0.4, -0.2) is 31.1 Å². The number of rotatable bonds is 6. The molecule has 2 aromatic heterocycles. The first-order valence-corrected chi connectivity index (χ1v) is 10.7. The summed E-state index contributed by atoms with van der Waals surface area (Å²) in [5.74, 6) is -1.08. The van der Waals surface area contributed by atoms with Crippen LogP contribution in [0.15, 0.2) is 53.0 Å². The molecule has 0 aliphatic carbocycles. The van der Waals surface area contributed by atoms with E-state index >= 15 is 0 Å². The van der Waals surface area contributed by atoms with Gasteiger partial charge in [0.15, 0.2) is 0 Å². The molecule has 2 N–H and O–H groups in total. The van der Waals surface area contributed by atoms with Gasteiger partial charge in [-0.05, 0) is 31.2 Å². The highest BCUT2D eigenvalue weighted by Crippen LogP contribution is 2.38. The number of anilines is 1. The molecule has 0 amide bonds. The summed E-state index contributed by atoms with van der Waals surface area (Å²) in [6.07, 6.45) is 3.19. The topological polar surface area (TPSA) is 106 Å². The Bertz CT molecular complexity index is 1110. The molecule has 0 saturated carbocycles. The number of phenolic OH excluding ortho intramolecular Hbond substituents is 1. The lowest BCUT2D eigenvalue weighted by atomic mass is 10.2. The number of aromatic nitrogens is 1. The van der Waals surface area contributed by atoms with Crippen molar-refractivity contribution >= 4 is 44.6 Å². The summed E-state index contributed by atoms with van der Waals surface area (Å²) in [7, 11) is -3.95. The number of sulfonamides is 1. The first-order chi connectivity index (χ1) is 13.3. The number of esters is 1. The van der Waals surface area contributed by atoms with Crippen LogP contribution < -0.4 is 4.72 Å². The zero-order valence-corrected chi connectivity index (χ0v) is 16.9. The first kappa shape index (κ1) is 20.1. The summed E-state index contributed by atoms with van der Waals surface area (Å²) >= 11 is 7.11. The number of hydrogen-bond acceptors (Lipinski definition) is 7. The number of phenols is 1. The van der Waals surface area contributed by atoms with Gasteiger partial charge in [-0.1, -0.05) is 17.7 Å². The van der Waals surface area contributed by atoms with Crippen LogP contribution in [-0.2, 0) is 14.8 Å². The van der Waals surface area contributed by atoms with Crippen LogP contribution in [0.3, 0.4) is 0 Å². The molecule has 10 heteroatoms. The molecule has 3 rings (SSSR count). The van der Waals surface area contributed by atoms with Crippen molar-refractivity contribution in [3.8, 4) is 16.9 Å². The number of nitrogens with zero attached hydrogens (tertiary/aromatic N) is 1. The van der Waals surface area contributed by atoms with Crippen molar-refractivity contribution in [2.45, 2.75) is 11.1 Å². The molecular formula is C18H15ClN2O5S2. The highest BCUT2D eigenvalue weighted by molar-refractivity contribution is 7.94. The lowest BCUT2D eigenvalue weighted by Crippen LogP contribution is -2.12. The van der Waals surface area contributed by atoms with Crippen molar-refractivity contribution in [3.05, 3.63) is 58.7 Å². The normalized spacial score (nSPS) is 11.2. The van der Waals surface area contributed by atoms with E-state index in [0.717, 1.165) is 17.4 Å². The van der Waals surface area contributed by atoms with Crippen LogP contribution in [0.25, 0.3) is 11.1 Å². The maximum Gasteiger partial charge on any atom is 0.341 e. The number of ether oxygens (including phenoxy) is 1. The number of aromatic hydroxyl groups is 1. The largest absolute Gasteiger partial charge is 0.507 e. The van der Waals surface area contributed by atoms with E-state index in [-0.39, 0.29) is 27.8 Å². The Kier molecular flexibility index (Phi) is 5.87. The summed E-state index contributed by atoms with van der Waals surface area (Å²) in [5, 5.41) is 9.99. The second kappa shape index (κ2) is 8.17. The second-order valence-electron chi connectivity index (χ2n) is 5.55. The average Bonchev–Trinajstić information content (AvgIpc) is 3.05. The highest BCUT2D eigenvalue weighted by atomic mass is 35.5. The molecule has 0 unspecified atom stereocenters. The number of carbonyl (C=O) groups excluding carboxylic acids is 1. The zero-order valence-electron chi connectivity index (χ0n) is 14.5. The molecule has 2 heterocycles. The van der Waals surface area contributed by atoms with E-state index < -0.39 is 16.0 Å². The van der Waals surface area contributed by atoms with Crippen molar-refractivity contribution in [2.24, 2.45) is 0 Å². The van der Waals surface area contributed by atoms with E-state index in [1.165, 1.54) is 18.2 Å². The monoisotopic (exact) mass is 438 g/mol. The standard InChI is InChI=1S/C18H15ClN2O5S2/c1-2-26-18(23)13-6-5-12(8-15(13)22)21-28(24,25)16-9-14(17(19)27-16)11-4-3-7-20-10-11/h3-10,21-22H,2H2,1H3. The molecule has 0 spiro atoms. The van der Waals surface area contributed by atoms with Crippen molar-refractivity contribution in [2.75, 3.05) is 11.3 Å². The minimum absolute atomic E-state index is 0.00492. The molecule has 0 bridgehead atoms. The van der Waals surface area contributed by atoms with Gasteiger partial charge < -0.3 is 9.84 Å². The number of benzene rings is 1. The van der Waals surface area contributed by atoms with Crippen LogP contribution in [0.2, 0.25) is 4.34 Å². The van der Waals surface area contributed by atoms with Gasteiger partial charge >= 0.3 is 5.97 Å². The number of thiophene rings is 1. The predicted octanol–water partition coefficient (Wildman–Crippen LogP) is 4.15. The van der Waals surface area contributed by atoms with Crippen LogP contribution in [0.4, 0.5) is 5.69 Å². The van der Waals surface area contributed by atoms with Crippen LogP contribution in [0, 0.1) is 0 Å². The van der Waals surface area contributed by atoms with Gasteiger partial charge in [0, 0.05) is 29.6 Å².